The Kier molecular flexibility index (Phi) is 3.49. The first kappa shape index (κ1) is 14.5. The minimum atomic E-state index is -3.19. The van der Waals surface area contributed by atoms with E-state index in [4.69, 9.17) is 0 Å². The lowest BCUT2D eigenvalue weighted by Gasteiger charge is -2.24. The smallest absolute Gasteiger partial charge is 0.255 e. The van der Waals surface area contributed by atoms with E-state index in [0.29, 0.717) is 31.5 Å². The standard InChI is InChI=1S/C14H19N3O3S/c1-10-3-4-11(9-15-10)14(18)16-7-5-13-12(16)6-8-17(13)21(2,19)20/h3-4,9,12-13H,5-8H2,1-2H3/t12-,13+/m0/s1. The molecular formula is C14H19N3O3S. The fraction of sp³-hybridized carbons (Fsp3) is 0.571. The van der Waals surface area contributed by atoms with Gasteiger partial charge in [0.15, 0.2) is 0 Å². The number of likely N-dealkylation sites (tertiary alicyclic amines) is 1. The molecule has 1 aromatic heterocycles. The van der Waals surface area contributed by atoms with E-state index < -0.39 is 10.0 Å². The molecule has 2 aliphatic heterocycles. The van der Waals surface area contributed by atoms with Crippen molar-refractivity contribution in [3.8, 4) is 0 Å². The maximum Gasteiger partial charge on any atom is 0.255 e. The second kappa shape index (κ2) is 5.06. The predicted octanol–water partition coefficient (Wildman–Crippen LogP) is 0.638. The van der Waals surface area contributed by atoms with Crippen molar-refractivity contribution in [1.29, 1.82) is 0 Å². The lowest BCUT2D eigenvalue weighted by atomic mass is 10.1. The molecule has 2 saturated heterocycles. The summed E-state index contributed by atoms with van der Waals surface area (Å²) in [6.07, 6.45) is 4.25. The topological polar surface area (TPSA) is 70.6 Å². The Labute approximate surface area is 124 Å². The van der Waals surface area contributed by atoms with Gasteiger partial charge in [0.05, 0.1) is 11.8 Å². The minimum absolute atomic E-state index is 0.00599. The second-order valence-corrected chi connectivity index (χ2v) is 7.71. The average Bonchev–Trinajstić information content (AvgIpc) is 2.98. The van der Waals surface area contributed by atoms with Crippen LogP contribution in [0, 0.1) is 6.92 Å². The average molecular weight is 309 g/mol. The van der Waals surface area contributed by atoms with E-state index in [1.54, 1.807) is 16.6 Å². The minimum Gasteiger partial charge on any atom is -0.334 e. The van der Waals surface area contributed by atoms with Crippen LogP contribution in [0.5, 0.6) is 0 Å². The molecule has 21 heavy (non-hydrogen) atoms. The summed E-state index contributed by atoms with van der Waals surface area (Å²) in [4.78, 5) is 18.5. The Morgan fingerprint density at radius 3 is 2.57 bits per heavy atom. The van der Waals surface area contributed by atoms with E-state index >= 15 is 0 Å². The number of aromatic nitrogens is 1. The molecule has 0 aromatic carbocycles. The van der Waals surface area contributed by atoms with Gasteiger partial charge in [0.25, 0.3) is 5.91 Å². The summed E-state index contributed by atoms with van der Waals surface area (Å²) in [6.45, 7) is 2.99. The zero-order valence-electron chi connectivity index (χ0n) is 12.2. The first-order chi connectivity index (χ1) is 9.88. The first-order valence-corrected chi connectivity index (χ1v) is 8.93. The molecule has 0 saturated carbocycles. The Morgan fingerprint density at radius 1 is 1.24 bits per heavy atom. The molecule has 3 heterocycles. The zero-order chi connectivity index (χ0) is 15.2. The van der Waals surface area contributed by atoms with E-state index in [1.165, 1.54) is 6.26 Å². The van der Waals surface area contributed by atoms with Gasteiger partial charge in [-0.3, -0.25) is 9.78 Å². The van der Waals surface area contributed by atoms with Crippen LogP contribution in [0.25, 0.3) is 0 Å². The molecule has 0 aliphatic carbocycles. The maximum atomic E-state index is 12.6. The second-order valence-electron chi connectivity index (χ2n) is 5.77. The number of carbonyl (C=O) groups is 1. The molecule has 6 nitrogen and oxygen atoms in total. The molecule has 0 radical (unpaired) electrons. The highest BCUT2D eigenvalue weighted by molar-refractivity contribution is 7.88. The summed E-state index contributed by atoms with van der Waals surface area (Å²) >= 11 is 0. The molecule has 0 N–H and O–H groups in total. The first-order valence-electron chi connectivity index (χ1n) is 7.08. The van der Waals surface area contributed by atoms with Crippen molar-refractivity contribution < 1.29 is 13.2 Å². The number of amides is 1. The number of pyridine rings is 1. The van der Waals surface area contributed by atoms with Crippen LogP contribution in [0.15, 0.2) is 18.3 Å². The zero-order valence-corrected chi connectivity index (χ0v) is 13.0. The van der Waals surface area contributed by atoms with E-state index in [-0.39, 0.29) is 18.0 Å². The number of hydrogen-bond acceptors (Lipinski definition) is 4. The summed E-state index contributed by atoms with van der Waals surface area (Å²) in [5.41, 5.74) is 1.44. The van der Waals surface area contributed by atoms with Crippen LogP contribution in [0.2, 0.25) is 0 Å². The summed E-state index contributed by atoms with van der Waals surface area (Å²) in [7, 11) is -3.19. The molecule has 7 heteroatoms. The Bertz CT molecular complexity index is 657. The molecule has 2 aliphatic rings. The van der Waals surface area contributed by atoms with Crippen LogP contribution < -0.4 is 0 Å². The lowest BCUT2D eigenvalue weighted by Crippen LogP contribution is -2.41. The van der Waals surface area contributed by atoms with Gasteiger partial charge in [-0.15, -0.1) is 0 Å². The van der Waals surface area contributed by atoms with Gasteiger partial charge in [-0.25, -0.2) is 8.42 Å². The number of fused-ring (bicyclic) bond motifs is 1. The van der Waals surface area contributed by atoms with Gasteiger partial charge >= 0.3 is 0 Å². The van der Waals surface area contributed by atoms with Crippen molar-refractivity contribution in [1.82, 2.24) is 14.2 Å². The third-order valence-corrected chi connectivity index (χ3v) is 5.68. The number of sulfonamides is 1. The van der Waals surface area contributed by atoms with Crippen molar-refractivity contribution in [2.45, 2.75) is 31.8 Å². The van der Waals surface area contributed by atoms with E-state index in [1.807, 2.05) is 17.9 Å². The highest BCUT2D eigenvalue weighted by Gasteiger charge is 2.47. The summed E-state index contributed by atoms with van der Waals surface area (Å²) in [5, 5.41) is 0. The van der Waals surface area contributed by atoms with Crippen molar-refractivity contribution in [2.24, 2.45) is 0 Å². The van der Waals surface area contributed by atoms with Gasteiger partial charge in [0.2, 0.25) is 10.0 Å². The van der Waals surface area contributed by atoms with Crippen LogP contribution in [-0.4, -0.2) is 59.9 Å². The fourth-order valence-electron chi connectivity index (χ4n) is 3.37. The van der Waals surface area contributed by atoms with E-state index in [0.717, 1.165) is 5.69 Å². The maximum absolute atomic E-state index is 12.6. The van der Waals surface area contributed by atoms with Crippen molar-refractivity contribution in [2.75, 3.05) is 19.3 Å². The van der Waals surface area contributed by atoms with Crippen molar-refractivity contribution in [3.05, 3.63) is 29.6 Å². The van der Waals surface area contributed by atoms with Crippen LogP contribution in [0.4, 0.5) is 0 Å². The van der Waals surface area contributed by atoms with Crippen LogP contribution in [-0.2, 0) is 10.0 Å². The fourth-order valence-corrected chi connectivity index (χ4v) is 4.55. The number of rotatable bonds is 2. The van der Waals surface area contributed by atoms with Gasteiger partial charge in [-0.05, 0) is 31.9 Å². The molecule has 0 unspecified atom stereocenters. The SMILES string of the molecule is Cc1ccc(C(=O)N2CC[C@@H]3[C@@H]2CCN3S(C)(=O)=O)cn1. The summed E-state index contributed by atoms with van der Waals surface area (Å²) in [5.74, 6) is -0.0506. The normalized spacial score (nSPS) is 26.1. The molecule has 2 atom stereocenters. The van der Waals surface area contributed by atoms with Crippen LogP contribution >= 0.6 is 0 Å². The molecule has 0 bridgehead atoms. The molecule has 1 aromatic rings. The van der Waals surface area contributed by atoms with Gasteiger partial charge in [-0.2, -0.15) is 4.31 Å². The predicted molar refractivity (Wildman–Crippen MR) is 78.4 cm³/mol. The summed E-state index contributed by atoms with van der Waals surface area (Å²) < 4.78 is 25.1. The third kappa shape index (κ3) is 2.55. The van der Waals surface area contributed by atoms with E-state index in [9.17, 15) is 13.2 Å². The van der Waals surface area contributed by atoms with Crippen LogP contribution in [0.3, 0.4) is 0 Å². The van der Waals surface area contributed by atoms with Crippen molar-refractivity contribution in [3.63, 3.8) is 0 Å². The van der Waals surface area contributed by atoms with Crippen LogP contribution in [0.1, 0.15) is 28.9 Å². The molecule has 1 amide bonds. The molecule has 3 rings (SSSR count). The number of hydrogen-bond donors (Lipinski definition) is 0. The van der Waals surface area contributed by atoms with Gasteiger partial charge in [0.1, 0.15) is 0 Å². The lowest BCUT2D eigenvalue weighted by molar-refractivity contribution is 0.0734. The van der Waals surface area contributed by atoms with Gasteiger partial charge in [0, 0.05) is 37.1 Å². The van der Waals surface area contributed by atoms with Gasteiger partial charge in [-0.1, -0.05) is 0 Å². The molecule has 114 valence electrons. The third-order valence-electron chi connectivity index (χ3n) is 4.37. The Morgan fingerprint density at radius 2 is 1.95 bits per heavy atom. The molecule has 2 fully saturated rings. The number of carbonyl (C=O) groups excluding carboxylic acids is 1. The number of aryl methyl sites for hydroxylation is 1. The number of nitrogens with zero attached hydrogens (tertiary/aromatic N) is 3. The molecular weight excluding hydrogens is 290 g/mol. The summed E-state index contributed by atoms with van der Waals surface area (Å²) in [6, 6.07) is 3.52. The quantitative estimate of drug-likeness (QED) is 0.804. The van der Waals surface area contributed by atoms with E-state index in [2.05, 4.69) is 4.98 Å². The largest absolute Gasteiger partial charge is 0.334 e. The highest BCUT2D eigenvalue weighted by Crippen LogP contribution is 2.33. The van der Waals surface area contributed by atoms with Crippen molar-refractivity contribution >= 4 is 15.9 Å². The Hall–Kier alpha value is -1.47. The Balaban J connectivity index is 1.80. The molecule has 0 spiro atoms. The van der Waals surface area contributed by atoms with Gasteiger partial charge < -0.3 is 4.90 Å². The highest BCUT2D eigenvalue weighted by atomic mass is 32.2. The monoisotopic (exact) mass is 309 g/mol.